The van der Waals surface area contributed by atoms with Gasteiger partial charge in [0.25, 0.3) is 0 Å². The van der Waals surface area contributed by atoms with Crippen molar-refractivity contribution in [3.05, 3.63) is 83.3 Å². The zero-order valence-corrected chi connectivity index (χ0v) is 19.7. The standard InChI is InChI=1S/C30H29N3/c1-17(2)28-15-24-12-20(7-10-27(24)32-28)19-5-8-25-22(11-19)14-23-13-21(6-9-26(23)25)29-16-31-30(33-29)18(3)4/h5-13,16-18H,14-15H2,1-4H3,(H,31,33). The maximum Gasteiger partial charge on any atom is 0.109 e. The smallest absolute Gasteiger partial charge is 0.109 e. The van der Waals surface area contributed by atoms with Gasteiger partial charge in [-0.05, 0) is 75.0 Å². The van der Waals surface area contributed by atoms with E-state index in [1.54, 1.807) is 0 Å². The molecule has 4 aromatic rings. The third-order valence-corrected chi connectivity index (χ3v) is 7.05. The number of aliphatic imine (C=N–C) groups is 1. The van der Waals surface area contributed by atoms with Crippen LogP contribution in [0, 0.1) is 5.92 Å². The van der Waals surface area contributed by atoms with Crippen LogP contribution in [0.2, 0.25) is 0 Å². The fourth-order valence-electron chi connectivity index (χ4n) is 5.07. The number of benzene rings is 3. The summed E-state index contributed by atoms with van der Waals surface area (Å²) in [6.45, 7) is 8.78. The Morgan fingerprint density at radius 1 is 0.697 bits per heavy atom. The van der Waals surface area contributed by atoms with Crippen LogP contribution in [0.3, 0.4) is 0 Å². The summed E-state index contributed by atoms with van der Waals surface area (Å²) in [6.07, 6.45) is 3.91. The largest absolute Gasteiger partial charge is 0.342 e. The molecule has 0 spiro atoms. The van der Waals surface area contributed by atoms with Gasteiger partial charge in [0.2, 0.25) is 0 Å². The average molecular weight is 432 g/mol. The second-order valence-corrected chi connectivity index (χ2v) is 10.0. The summed E-state index contributed by atoms with van der Waals surface area (Å²) in [5.41, 5.74) is 14.2. The molecule has 3 nitrogen and oxygen atoms in total. The third-order valence-electron chi connectivity index (χ3n) is 7.05. The summed E-state index contributed by atoms with van der Waals surface area (Å²) in [7, 11) is 0. The van der Waals surface area contributed by atoms with Gasteiger partial charge in [-0.25, -0.2) is 4.98 Å². The molecule has 1 N–H and O–H groups in total. The lowest BCUT2D eigenvalue weighted by Crippen LogP contribution is -2.06. The Kier molecular flexibility index (Phi) is 4.62. The van der Waals surface area contributed by atoms with E-state index in [0.29, 0.717) is 11.8 Å². The zero-order chi connectivity index (χ0) is 22.7. The molecule has 0 saturated heterocycles. The molecule has 164 valence electrons. The second kappa shape index (κ2) is 7.55. The Morgan fingerprint density at radius 3 is 2.00 bits per heavy atom. The lowest BCUT2D eigenvalue weighted by molar-refractivity contribution is 0.795. The van der Waals surface area contributed by atoms with Crippen LogP contribution in [0.1, 0.15) is 56.1 Å². The van der Waals surface area contributed by atoms with Crippen LogP contribution in [0.4, 0.5) is 5.69 Å². The molecule has 0 amide bonds. The molecule has 0 bridgehead atoms. The number of H-pyrrole nitrogens is 1. The molecule has 3 aromatic carbocycles. The summed E-state index contributed by atoms with van der Waals surface area (Å²) < 4.78 is 0. The number of aromatic nitrogens is 2. The van der Waals surface area contributed by atoms with Gasteiger partial charge in [0.1, 0.15) is 5.82 Å². The summed E-state index contributed by atoms with van der Waals surface area (Å²) in [6, 6.07) is 20.5. The van der Waals surface area contributed by atoms with Crippen molar-refractivity contribution in [1.29, 1.82) is 0 Å². The van der Waals surface area contributed by atoms with Crippen LogP contribution in [-0.2, 0) is 12.8 Å². The van der Waals surface area contributed by atoms with E-state index in [0.717, 1.165) is 30.0 Å². The van der Waals surface area contributed by atoms with Crippen LogP contribution in [0.15, 0.2) is 65.8 Å². The normalized spacial score (nSPS) is 13.9. The Labute approximate surface area is 195 Å². The number of imidazole rings is 1. The lowest BCUT2D eigenvalue weighted by atomic mass is 9.96. The van der Waals surface area contributed by atoms with Crippen LogP contribution in [-0.4, -0.2) is 15.7 Å². The number of nitrogens with zero attached hydrogens (tertiary/aromatic N) is 2. The maximum atomic E-state index is 4.82. The van der Waals surface area contributed by atoms with E-state index in [9.17, 15) is 0 Å². The molecule has 0 atom stereocenters. The van der Waals surface area contributed by atoms with Crippen LogP contribution >= 0.6 is 0 Å². The molecule has 0 fully saturated rings. The first-order valence-electron chi connectivity index (χ1n) is 12.0. The second-order valence-electron chi connectivity index (χ2n) is 10.0. The highest BCUT2D eigenvalue weighted by Crippen LogP contribution is 2.41. The highest BCUT2D eigenvalue weighted by Gasteiger charge is 2.21. The van der Waals surface area contributed by atoms with E-state index in [4.69, 9.17) is 4.99 Å². The van der Waals surface area contributed by atoms with Crippen molar-refractivity contribution in [2.24, 2.45) is 10.9 Å². The van der Waals surface area contributed by atoms with E-state index >= 15 is 0 Å². The summed E-state index contributed by atoms with van der Waals surface area (Å²) in [5, 5.41) is 0. The zero-order valence-electron chi connectivity index (χ0n) is 19.7. The highest BCUT2D eigenvalue weighted by atomic mass is 14.9. The first kappa shape index (κ1) is 20.2. The van der Waals surface area contributed by atoms with Crippen molar-refractivity contribution in [2.45, 2.75) is 46.5 Å². The number of fused-ring (bicyclic) bond motifs is 4. The number of rotatable bonds is 4. The van der Waals surface area contributed by atoms with Gasteiger partial charge in [-0.15, -0.1) is 0 Å². The Morgan fingerprint density at radius 2 is 1.33 bits per heavy atom. The van der Waals surface area contributed by atoms with E-state index in [1.807, 2.05) is 6.20 Å². The predicted octanol–water partition coefficient (Wildman–Crippen LogP) is 7.72. The third kappa shape index (κ3) is 3.43. The van der Waals surface area contributed by atoms with Gasteiger partial charge in [-0.1, -0.05) is 64.1 Å². The van der Waals surface area contributed by atoms with Crippen molar-refractivity contribution in [3.63, 3.8) is 0 Å². The van der Waals surface area contributed by atoms with Gasteiger partial charge in [0.05, 0.1) is 17.6 Å². The number of hydrogen-bond donors (Lipinski definition) is 1. The van der Waals surface area contributed by atoms with E-state index < -0.39 is 0 Å². The summed E-state index contributed by atoms with van der Waals surface area (Å²) in [5.74, 6) is 1.94. The minimum Gasteiger partial charge on any atom is -0.342 e. The lowest BCUT2D eigenvalue weighted by Gasteiger charge is -2.08. The summed E-state index contributed by atoms with van der Waals surface area (Å²) >= 11 is 0. The molecule has 0 saturated carbocycles. The molecule has 2 aliphatic rings. The van der Waals surface area contributed by atoms with Crippen molar-refractivity contribution < 1.29 is 0 Å². The first-order valence-corrected chi connectivity index (χ1v) is 12.0. The van der Waals surface area contributed by atoms with Gasteiger partial charge in [-0.2, -0.15) is 0 Å². The van der Waals surface area contributed by atoms with Gasteiger partial charge in [0, 0.05) is 18.1 Å². The maximum absolute atomic E-state index is 4.82. The predicted molar refractivity (Wildman–Crippen MR) is 137 cm³/mol. The fourth-order valence-corrected chi connectivity index (χ4v) is 5.07. The molecule has 1 aliphatic heterocycles. The monoisotopic (exact) mass is 431 g/mol. The minimum atomic E-state index is 0.401. The van der Waals surface area contributed by atoms with Gasteiger partial charge >= 0.3 is 0 Å². The molecule has 33 heavy (non-hydrogen) atoms. The van der Waals surface area contributed by atoms with E-state index in [1.165, 1.54) is 50.2 Å². The first-order chi connectivity index (χ1) is 16.0. The Balaban J connectivity index is 1.29. The molecule has 3 heteroatoms. The molecule has 2 heterocycles. The molecule has 1 aromatic heterocycles. The highest BCUT2D eigenvalue weighted by molar-refractivity contribution is 5.96. The molecule has 0 radical (unpaired) electrons. The van der Waals surface area contributed by atoms with Gasteiger partial charge in [0.15, 0.2) is 0 Å². The number of aromatic amines is 1. The Hall–Kier alpha value is -3.46. The molecular formula is C30H29N3. The molecule has 6 rings (SSSR count). The fraction of sp³-hybridized carbons (Fsp3) is 0.267. The van der Waals surface area contributed by atoms with Gasteiger partial charge < -0.3 is 4.98 Å². The van der Waals surface area contributed by atoms with Crippen molar-refractivity contribution in [3.8, 4) is 33.5 Å². The van der Waals surface area contributed by atoms with Crippen molar-refractivity contribution >= 4 is 11.4 Å². The quantitative estimate of drug-likeness (QED) is 0.311. The van der Waals surface area contributed by atoms with Crippen LogP contribution in [0.25, 0.3) is 33.5 Å². The number of hydrogen-bond acceptors (Lipinski definition) is 2. The van der Waals surface area contributed by atoms with E-state index in [2.05, 4.69) is 92.3 Å². The average Bonchev–Trinajstić information content (AvgIpc) is 3.53. The van der Waals surface area contributed by atoms with Gasteiger partial charge in [-0.3, -0.25) is 4.99 Å². The molecule has 1 aliphatic carbocycles. The van der Waals surface area contributed by atoms with Crippen LogP contribution < -0.4 is 0 Å². The topological polar surface area (TPSA) is 41.0 Å². The summed E-state index contributed by atoms with van der Waals surface area (Å²) in [4.78, 5) is 12.9. The number of nitrogens with one attached hydrogen (secondary N) is 1. The molecular weight excluding hydrogens is 402 g/mol. The minimum absolute atomic E-state index is 0.401. The van der Waals surface area contributed by atoms with E-state index in [-0.39, 0.29) is 0 Å². The van der Waals surface area contributed by atoms with Crippen molar-refractivity contribution in [2.75, 3.05) is 0 Å². The molecule has 0 unspecified atom stereocenters. The van der Waals surface area contributed by atoms with Crippen molar-refractivity contribution in [1.82, 2.24) is 9.97 Å². The van der Waals surface area contributed by atoms with Crippen LogP contribution in [0.5, 0.6) is 0 Å². The SMILES string of the molecule is CC(C)C1=Nc2ccc(-c3ccc4c(c3)Cc3cc(-c5cnc(C(C)C)[nH]5)ccc3-4)cc2C1. The Bertz CT molecular complexity index is 1420.